The molecule has 1 saturated carbocycles. The third kappa shape index (κ3) is 9.18. The van der Waals surface area contributed by atoms with Crippen molar-refractivity contribution in [3.63, 3.8) is 0 Å². The minimum absolute atomic E-state index is 0. The third-order valence-electron chi connectivity index (χ3n) is 10.6. The number of pyridine rings is 2. The van der Waals surface area contributed by atoms with Gasteiger partial charge in [-0.05, 0) is 75.3 Å². The van der Waals surface area contributed by atoms with Crippen molar-refractivity contribution < 1.29 is 32.7 Å². The van der Waals surface area contributed by atoms with E-state index in [4.69, 9.17) is 17.6 Å². The van der Waals surface area contributed by atoms with E-state index in [1.54, 1.807) is 6.07 Å². The summed E-state index contributed by atoms with van der Waals surface area (Å²) in [6.07, 6.45) is 6.36. The van der Waals surface area contributed by atoms with Crippen molar-refractivity contribution in [2.45, 2.75) is 104 Å². The fourth-order valence-electron chi connectivity index (χ4n) is 7.38. The number of hydrogen-bond acceptors (Lipinski definition) is 3. The van der Waals surface area contributed by atoms with E-state index in [0.29, 0.717) is 28.0 Å². The van der Waals surface area contributed by atoms with Crippen molar-refractivity contribution in [2.24, 2.45) is 5.92 Å². The SMILES string of the molecule is [2H]C([2H])([2H])c1cnc(-c2[c-]ccc3c2oc2cc(C([2H])(C)C)ccc23)cc1-c1ccccc1.[2H]C([2H])(c1cc(-c2[c-]ccc(C(C)(C)C)c2)ncc1[Si](C)(C)C)C1CCCC1.[Ir]. The molecule has 1 aliphatic carbocycles. The Morgan fingerprint density at radius 2 is 1.61 bits per heavy atom. The zero-order chi connectivity index (χ0) is 44.1. The van der Waals surface area contributed by atoms with Gasteiger partial charge in [-0.25, -0.2) is 0 Å². The van der Waals surface area contributed by atoms with Gasteiger partial charge in [0.25, 0.3) is 0 Å². The number of fused-ring (bicyclic) bond motifs is 3. The molecule has 0 amide bonds. The van der Waals surface area contributed by atoms with E-state index in [0.717, 1.165) is 69.6 Å². The van der Waals surface area contributed by atoms with Gasteiger partial charge >= 0.3 is 0 Å². The van der Waals surface area contributed by atoms with Crippen LogP contribution in [-0.2, 0) is 31.9 Å². The molecule has 8 rings (SSSR count). The first-order valence-corrected chi connectivity index (χ1v) is 23.0. The van der Waals surface area contributed by atoms with Crippen molar-refractivity contribution >= 4 is 35.2 Å². The van der Waals surface area contributed by atoms with Gasteiger partial charge in [-0.1, -0.05) is 151 Å². The first kappa shape index (κ1) is 33.9. The van der Waals surface area contributed by atoms with Gasteiger partial charge in [0.15, 0.2) is 0 Å². The van der Waals surface area contributed by atoms with E-state index in [1.807, 2.05) is 92.8 Å². The van der Waals surface area contributed by atoms with Crippen LogP contribution >= 0.6 is 0 Å². The summed E-state index contributed by atoms with van der Waals surface area (Å²) in [7, 11) is -1.72. The number of aromatic nitrogens is 2. The van der Waals surface area contributed by atoms with Crippen molar-refractivity contribution in [1.29, 1.82) is 0 Å². The molecule has 0 N–H and O–H groups in total. The Morgan fingerprint density at radius 3 is 2.30 bits per heavy atom. The van der Waals surface area contributed by atoms with Crippen LogP contribution in [0.15, 0.2) is 108 Å². The summed E-state index contributed by atoms with van der Waals surface area (Å²) >= 11 is 0. The number of benzene rings is 4. The largest absolute Gasteiger partial charge is 0.501 e. The van der Waals surface area contributed by atoms with Crippen LogP contribution in [0.2, 0.25) is 19.6 Å². The average molecular weight is 939 g/mol. The summed E-state index contributed by atoms with van der Waals surface area (Å²) in [5, 5.41) is 3.03. The van der Waals surface area contributed by atoms with Gasteiger partial charge in [0.2, 0.25) is 0 Å². The van der Waals surface area contributed by atoms with Crippen molar-refractivity contribution in [2.75, 3.05) is 0 Å². The summed E-state index contributed by atoms with van der Waals surface area (Å²) in [5.41, 5.74) is 9.07. The fraction of sp³-hybridized carbons (Fsp3) is 0.333. The molecule has 0 aliphatic heterocycles. The van der Waals surface area contributed by atoms with Crippen molar-refractivity contribution in [1.82, 2.24) is 9.97 Å². The molecule has 1 radical (unpaired) electrons. The smallest absolute Gasteiger partial charge is 0.121 e. The molecule has 1 fully saturated rings. The number of hydrogen-bond donors (Lipinski definition) is 0. The van der Waals surface area contributed by atoms with Crippen LogP contribution in [0.3, 0.4) is 0 Å². The van der Waals surface area contributed by atoms with Crippen LogP contribution in [-0.4, -0.2) is 18.0 Å². The summed E-state index contributed by atoms with van der Waals surface area (Å²) in [6.45, 7) is 14.9. The van der Waals surface area contributed by atoms with E-state index in [2.05, 4.69) is 69.7 Å². The predicted molar refractivity (Wildman–Crippen MR) is 236 cm³/mol. The van der Waals surface area contributed by atoms with Gasteiger partial charge in [0.1, 0.15) is 5.58 Å². The van der Waals surface area contributed by atoms with Crippen LogP contribution < -0.4 is 5.19 Å². The molecule has 0 atom stereocenters. The normalized spacial score (nSPS) is 15.8. The minimum atomic E-state index is -2.29. The molecule has 3 heterocycles. The van der Waals surface area contributed by atoms with Crippen LogP contribution in [0.5, 0.6) is 0 Å². The molecular formula is C51H56IrN2OSi-2. The molecule has 4 aromatic carbocycles. The molecule has 1 aliphatic rings. The molecule has 5 heteroatoms. The van der Waals surface area contributed by atoms with Crippen LogP contribution in [0.1, 0.15) is 96.7 Å². The fourth-order valence-corrected chi connectivity index (χ4v) is 8.79. The monoisotopic (exact) mass is 939 g/mol. The molecule has 56 heavy (non-hydrogen) atoms. The summed E-state index contributed by atoms with van der Waals surface area (Å²) < 4.78 is 56.6. The molecule has 0 spiro atoms. The van der Waals surface area contributed by atoms with Gasteiger partial charge in [-0.3, -0.25) is 0 Å². The second-order valence-corrected chi connectivity index (χ2v) is 22.2. The quantitative estimate of drug-likeness (QED) is 0.118. The maximum atomic E-state index is 9.04. The number of furan rings is 1. The molecular weight excluding hydrogens is 877 g/mol. The second-order valence-electron chi connectivity index (χ2n) is 17.1. The zero-order valence-corrected chi connectivity index (χ0v) is 37.3. The number of aryl methyl sites for hydroxylation is 1. The number of nitrogens with zero attached hydrogens (tertiary/aromatic N) is 2. The summed E-state index contributed by atoms with van der Waals surface area (Å²) in [6, 6.07) is 35.7. The standard InChI is InChI=1S/C27H22NO.C24H34NSi.Ir/c1-17(2)20-12-13-21-22-10-7-11-23(27(22)29-26(21)14-20)25-15-24(18(3)16-28-25)19-8-5-4-6-9-19;1-24(2,3)21-13-9-12-19(15-21)22-16-20(14-18-10-7-8-11-18)23(17-25-22)26(4,5)6;/h4-10,12-17H,1-3H3;9,13,15-18H,7-8,10-11,14H2,1-6H3;/q2*-1;/i3D3,17D;14D2;. The third-order valence-corrected chi connectivity index (χ3v) is 12.6. The van der Waals surface area contributed by atoms with Gasteiger partial charge in [0, 0.05) is 46.1 Å². The summed E-state index contributed by atoms with van der Waals surface area (Å²) in [5.74, 6) is -0.623. The molecule has 3 nitrogen and oxygen atoms in total. The van der Waals surface area contributed by atoms with Gasteiger partial charge < -0.3 is 14.4 Å². The topological polar surface area (TPSA) is 38.9 Å². The van der Waals surface area contributed by atoms with E-state index in [9.17, 15) is 0 Å². The molecule has 3 aromatic heterocycles. The molecule has 7 aromatic rings. The van der Waals surface area contributed by atoms with Crippen LogP contribution in [0.4, 0.5) is 0 Å². The maximum absolute atomic E-state index is 9.04. The maximum Gasteiger partial charge on any atom is 0.121 e. The van der Waals surface area contributed by atoms with Gasteiger partial charge in [-0.15, -0.1) is 53.6 Å². The van der Waals surface area contributed by atoms with Gasteiger partial charge in [-0.2, -0.15) is 0 Å². The Balaban J connectivity index is 0.000000207. The Hall–Kier alpha value is -4.15. The average Bonchev–Trinajstić information content (AvgIpc) is 3.89. The van der Waals surface area contributed by atoms with E-state index < -0.39 is 27.2 Å². The first-order chi connectivity index (χ1) is 28.5. The molecule has 0 bridgehead atoms. The Kier molecular flexibility index (Phi) is 10.4. The van der Waals surface area contributed by atoms with E-state index in [1.165, 1.54) is 11.8 Å². The number of rotatable bonds is 7. The van der Waals surface area contributed by atoms with Crippen molar-refractivity contribution in [3.8, 4) is 33.6 Å². The summed E-state index contributed by atoms with van der Waals surface area (Å²) in [4.78, 5) is 9.27. The van der Waals surface area contributed by atoms with E-state index >= 15 is 0 Å². The molecule has 291 valence electrons. The Labute approximate surface area is 358 Å². The Bertz CT molecular complexity index is 2690. The van der Waals surface area contributed by atoms with Crippen molar-refractivity contribution in [3.05, 3.63) is 138 Å². The van der Waals surface area contributed by atoms with Crippen LogP contribution in [0, 0.1) is 24.9 Å². The minimum Gasteiger partial charge on any atom is -0.501 e. The first-order valence-electron chi connectivity index (χ1n) is 22.5. The Morgan fingerprint density at radius 1 is 0.875 bits per heavy atom. The zero-order valence-electron chi connectivity index (χ0n) is 39.9. The van der Waals surface area contributed by atoms with E-state index in [-0.39, 0.29) is 37.0 Å². The van der Waals surface area contributed by atoms with Gasteiger partial charge in [0.05, 0.1) is 13.7 Å². The molecule has 0 saturated heterocycles. The second kappa shape index (κ2) is 17.1. The molecule has 0 unspecified atom stereocenters. The predicted octanol–water partition coefficient (Wildman–Crippen LogP) is 13.7. The van der Waals surface area contributed by atoms with Crippen LogP contribution in [0.25, 0.3) is 55.6 Å².